The summed E-state index contributed by atoms with van der Waals surface area (Å²) >= 11 is 0. The predicted molar refractivity (Wildman–Crippen MR) is 390 cm³/mol. The Balaban J connectivity index is 5.32. The number of aliphatic hydroxyl groups is 1. The van der Waals surface area contributed by atoms with Crippen molar-refractivity contribution < 1.29 is 80.2 Å². The number of phosphoric ester groups is 2. The highest BCUT2D eigenvalue weighted by Gasteiger charge is 2.30. The van der Waals surface area contributed by atoms with Crippen LogP contribution in [0.5, 0.6) is 0 Å². The molecule has 0 saturated carbocycles. The summed E-state index contributed by atoms with van der Waals surface area (Å²) in [6.45, 7) is 4.86. The Kier molecular flexibility index (Phi) is 68.3. The number of ether oxygens (including phenoxy) is 4. The van der Waals surface area contributed by atoms with Gasteiger partial charge in [-0.3, -0.25) is 37.3 Å². The maximum absolute atomic E-state index is 13.1. The van der Waals surface area contributed by atoms with Gasteiger partial charge in [0.05, 0.1) is 26.4 Å². The van der Waals surface area contributed by atoms with Crippen LogP contribution in [0.25, 0.3) is 0 Å². The van der Waals surface area contributed by atoms with Crippen LogP contribution < -0.4 is 0 Å². The molecule has 0 amide bonds. The van der Waals surface area contributed by atoms with E-state index in [1.54, 1.807) is 0 Å². The van der Waals surface area contributed by atoms with Crippen LogP contribution in [0, 0.1) is 0 Å². The number of hydrogen-bond acceptors (Lipinski definition) is 15. The lowest BCUT2D eigenvalue weighted by molar-refractivity contribution is -0.161. The van der Waals surface area contributed by atoms with Crippen LogP contribution in [0.3, 0.4) is 0 Å². The minimum absolute atomic E-state index is 0.0851. The zero-order valence-electron chi connectivity index (χ0n) is 61.3. The van der Waals surface area contributed by atoms with E-state index < -0.39 is 97.5 Å². The van der Waals surface area contributed by atoms with Crippen LogP contribution in [-0.4, -0.2) is 96.7 Å². The second kappa shape index (κ2) is 70.5. The van der Waals surface area contributed by atoms with Gasteiger partial charge in [0.2, 0.25) is 0 Å². The van der Waals surface area contributed by atoms with Gasteiger partial charge in [0.15, 0.2) is 12.2 Å². The quantitative estimate of drug-likeness (QED) is 0.0169. The van der Waals surface area contributed by atoms with Gasteiger partial charge in [0.1, 0.15) is 19.3 Å². The molecular weight excluding hydrogens is 1260 g/mol. The molecule has 0 radical (unpaired) electrons. The van der Waals surface area contributed by atoms with E-state index in [0.717, 1.165) is 135 Å². The van der Waals surface area contributed by atoms with Crippen LogP contribution in [0.15, 0.2) is 48.6 Å². The van der Waals surface area contributed by atoms with Crippen molar-refractivity contribution in [2.75, 3.05) is 39.6 Å². The number of rotatable bonds is 74. The number of esters is 4. The van der Waals surface area contributed by atoms with E-state index >= 15 is 0 Å². The van der Waals surface area contributed by atoms with E-state index in [-0.39, 0.29) is 25.7 Å². The molecule has 19 heteroatoms. The minimum Gasteiger partial charge on any atom is -0.462 e. The Bertz CT molecular complexity index is 2010. The van der Waals surface area contributed by atoms with E-state index in [2.05, 4.69) is 76.3 Å². The molecule has 96 heavy (non-hydrogen) atoms. The number of carbonyl (C=O) groups is 4. The number of allylic oxidation sites excluding steroid dienone is 8. The van der Waals surface area contributed by atoms with Crippen LogP contribution in [0.4, 0.5) is 0 Å². The largest absolute Gasteiger partial charge is 0.472 e. The smallest absolute Gasteiger partial charge is 0.462 e. The molecule has 2 unspecified atom stereocenters. The van der Waals surface area contributed by atoms with E-state index in [1.165, 1.54) is 148 Å². The highest BCUT2D eigenvalue weighted by molar-refractivity contribution is 7.47. The van der Waals surface area contributed by atoms with Crippen molar-refractivity contribution >= 4 is 39.5 Å². The Labute approximate surface area is 585 Å². The van der Waals surface area contributed by atoms with Crippen molar-refractivity contribution in [1.29, 1.82) is 0 Å². The molecule has 0 fully saturated rings. The first-order valence-corrected chi connectivity index (χ1v) is 41.9. The van der Waals surface area contributed by atoms with Gasteiger partial charge in [0, 0.05) is 25.7 Å². The summed E-state index contributed by atoms with van der Waals surface area (Å²) in [4.78, 5) is 72.8. The van der Waals surface area contributed by atoms with Crippen molar-refractivity contribution in [1.82, 2.24) is 0 Å². The minimum atomic E-state index is -4.97. The van der Waals surface area contributed by atoms with E-state index in [4.69, 9.17) is 37.0 Å². The highest BCUT2D eigenvalue weighted by atomic mass is 31.2. The summed E-state index contributed by atoms with van der Waals surface area (Å²) in [5.41, 5.74) is 0. The van der Waals surface area contributed by atoms with E-state index in [0.29, 0.717) is 25.7 Å². The maximum Gasteiger partial charge on any atom is 0.472 e. The summed E-state index contributed by atoms with van der Waals surface area (Å²) in [5.74, 6) is -2.17. The molecule has 0 aromatic rings. The molecule has 5 atom stereocenters. The first kappa shape index (κ1) is 93.0. The molecule has 0 aliphatic carbocycles. The molecule has 0 heterocycles. The number of aliphatic hydroxyl groups excluding tert-OH is 1. The molecule has 0 aliphatic rings. The fourth-order valence-electron chi connectivity index (χ4n) is 10.8. The zero-order valence-corrected chi connectivity index (χ0v) is 63.1. The molecule has 0 bridgehead atoms. The molecule has 0 rings (SSSR count). The summed E-state index contributed by atoms with van der Waals surface area (Å²) in [6, 6.07) is 0. The van der Waals surface area contributed by atoms with Crippen molar-refractivity contribution in [3.05, 3.63) is 48.6 Å². The summed E-state index contributed by atoms with van der Waals surface area (Å²) in [7, 11) is -9.93. The third-order valence-corrected chi connectivity index (χ3v) is 18.7. The second-order valence-corrected chi connectivity index (χ2v) is 29.2. The average molecular weight is 1400 g/mol. The standard InChI is InChI=1S/C77H142O17P2/c1-5-9-13-17-21-25-29-33-35-39-42-46-50-54-58-62-75(80)88-68-72(93-76(81)63-59-55-51-47-43-38-32-28-24-20-16-12-8-4)69-91-95(83,84)89-65-71(78)66-90-96(85,86)92-70-73(67-87-74(79)61-57-53-49-45-41-37-31-27-23-19-15-11-7-3)94-77(82)64-60-56-52-48-44-40-36-34-30-26-22-18-14-10-6-2/h21-22,25-26,33-36,71-73,78H,5-20,23-24,27-32,37-70H2,1-4H3,(H,83,84)(H,85,86)/b25-21-,26-22-,35-33-,36-34-/t71-,72+,73+/m0/s1. The van der Waals surface area contributed by atoms with Gasteiger partial charge in [-0.1, -0.05) is 295 Å². The molecule has 0 aromatic carbocycles. The third kappa shape index (κ3) is 69.5. The van der Waals surface area contributed by atoms with Gasteiger partial charge in [-0.2, -0.15) is 0 Å². The Morgan fingerprint density at radius 1 is 0.292 bits per heavy atom. The number of phosphoric acid groups is 2. The molecule has 0 spiro atoms. The van der Waals surface area contributed by atoms with Gasteiger partial charge in [-0.15, -0.1) is 0 Å². The van der Waals surface area contributed by atoms with Gasteiger partial charge in [-0.05, 0) is 89.9 Å². The fraction of sp³-hybridized carbons (Fsp3) is 0.844. The molecule has 3 N–H and O–H groups in total. The Morgan fingerprint density at radius 2 is 0.510 bits per heavy atom. The molecule has 17 nitrogen and oxygen atoms in total. The molecular formula is C77H142O17P2. The first-order valence-electron chi connectivity index (χ1n) is 38.9. The fourth-order valence-corrected chi connectivity index (χ4v) is 12.4. The second-order valence-electron chi connectivity index (χ2n) is 26.3. The maximum atomic E-state index is 13.1. The van der Waals surface area contributed by atoms with Crippen molar-refractivity contribution in [3.63, 3.8) is 0 Å². The van der Waals surface area contributed by atoms with Gasteiger partial charge >= 0.3 is 39.5 Å². The van der Waals surface area contributed by atoms with E-state index in [1.807, 2.05) is 0 Å². The predicted octanol–water partition coefficient (Wildman–Crippen LogP) is 22.1. The summed E-state index contributed by atoms with van der Waals surface area (Å²) < 4.78 is 68.5. The van der Waals surface area contributed by atoms with Crippen molar-refractivity contribution in [2.24, 2.45) is 0 Å². The molecule has 0 aliphatic heterocycles. The lowest BCUT2D eigenvalue weighted by atomic mass is 10.0. The number of unbranched alkanes of at least 4 members (excludes halogenated alkanes) is 40. The van der Waals surface area contributed by atoms with Crippen LogP contribution in [0.1, 0.15) is 362 Å². The first-order chi connectivity index (χ1) is 46.7. The zero-order chi connectivity index (χ0) is 70.4. The van der Waals surface area contributed by atoms with Gasteiger partial charge < -0.3 is 33.8 Å². The topological polar surface area (TPSA) is 237 Å². The lowest BCUT2D eigenvalue weighted by Crippen LogP contribution is -2.30. The number of carbonyl (C=O) groups excluding carboxylic acids is 4. The van der Waals surface area contributed by atoms with Gasteiger partial charge in [0.25, 0.3) is 0 Å². The van der Waals surface area contributed by atoms with Crippen LogP contribution in [-0.2, 0) is 65.4 Å². The molecule has 0 aromatic heterocycles. The number of hydrogen-bond donors (Lipinski definition) is 3. The average Bonchev–Trinajstić information content (AvgIpc) is 1.17. The normalized spacial score (nSPS) is 14.2. The summed E-state index contributed by atoms with van der Waals surface area (Å²) in [6.07, 6.45) is 66.6. The Morgan fingerprint density at radius 3 is 0.792 bits per heavy atom. The van der Waals surface area contributed by atoms with E-state index in [9.17, 15) is 43.2 Å². The highest BCUT2D eigenvalue weighted by Crippen LogP contribution is 2.45. The van der Waals surface area contributed by atoms with Crippen LogP contribution >= 0.6 is 15.6 Å². The monoisotopic (exact) mass is 1400 g/mol. The van der Waals surface area contributed by atoms with Crippen molar-refractivity contribution in [2.45, 2.75) is 380 Å². The molecule has 0 saturated heterocycles. The van der Waals surface area contributed by atoms with Crippen molar-refractivity contribution in [3.8, 4) is 0 Å². The SMILES string of the molecule is CCCCC/C=C\C/C=C\CCCCCCCC(=O)OC[C@H](COP(=O)(O)OC[C@H](O)COP(=O)(O)OC[C@@H](COC(=O)CCCCCCCCCCCCCCC)OC(=O)CCCCCCC/C=C\C/C=C\CCCCC)OC(=O)CCCCCCCCCCCCCCC. The van der Waals surface area contributed by atoms with Gasteiger partial charge in [-0.25, -0.2) is 9.13 Å². The van der Waals surface area contributed by atoms with Crippen LogP contribution in [0.2, 0.25) is 0 Å². The lowest BCUT2D eigenvalue weighted by Gasteiger charge is -2.21. The summed E-state index contributed by atoms with van der Waals surface area (Å²) in [5, 5.41) is 10.6. The molecule has 562 valence electrons. The Hall–Kier alpha value is -2.98. The third-order valence-electron chi connectivity index (χ3n) is 16.8.